The molecular formula is C15H23F2O6PS. The normalized spacial score (nSPS) is 15.0. The van der Waals surface area contributed by atoms with E-state index in [0.29, 0.717) is 0 Å². The Morgan fingerprint density at radius 1 is 1.16 bits per heavy atom. The maximum atomic E-state index is 12.8. The van der Waals surface area contributed by atoms with Crippen LogP contribution < -0.4 is 4.74 Å². The van der Waals surface area contributed by atoms with Gasteiger partial charge >= 0.3 is 16.7 Å². The van der Waals surface area contributed by atoms with Crippen molar-refractivity contribution in [1.82, 2.24) is 0 Å². The minimum atomic E-state index is -4.48. The number of rotatable bonds is 9. The molecule has 1 atom stereocenters. The van der Waals surface area contributed by atoms with Gasteiger partial charge in [0, 0.05) is 5.66 Å². The smallest absolute Gasteiger partial charge is 0.387 e. The van der Waals surface area contributed by atoms with E-state index >= 15 is 0 Å². The maximum Gasteiger partial charge on any atom is 0.387 e. The second-order valence-electron chi connectivity index (χ2n) is 5.96. The van der Waals surface area contributed by atoms with E-state index in [1.54, 1.807) is 27.7 Å². The molecule has 6 nitrogen and oxygen atoms in total. The van der Waals surface area contributed by atoms with Crippen LogP contribution in [0.3, 0.4) is 0 Å². The maximum absolute atomic E-state index is 12.8. The predicted octanol–water partition coefficient (Wildman–Crippen LogP) is 4.37. The molecule has 0 fully saturated rings. The number of aryl methyl sites for hydroxylation is 1. The van der Waals surface area contributed by atoms with Gasteiger partial charge in [-0.1, -0.05) is 26.0 Å². The van der Waals surface area contributed by atoms with Crippen LogP contribution in [0.25, 0.3) is 0 Å². The molecule has 1 rings (SSSR count). The lowest BCUT2D eigenvalue weighted by atomic mass is 10.2. The van der Waals surface area contributed by atoms with Crippen LogP contribution in [0.1, 0.15) is 33.3 Å². The quantitative estimate of drug-likeness (QED) is 0.452. The Balaban J connectivity index is 3.16. The van der Waals surface area contributed by atoms with Gasteiger partial charge in [0.15, 0.2) is 0 Å². The van der Waals surface area contributed by atoms with Crippen molar-refractivity contribution in [3.8, 4) is 5.75 Å². The van der Waals surface area contributed by atoms with Crippen molar-refractivity contribution in [2.24, 2.45) is 0 Å². The summed E-state index contributed by atoms with van der Waals surface area (Å²) in [5, 5.41) is 0. The van der Waals surface area contributed by atoms with Crippen LogP contribution in [0, 0.1) is 6.92 Å². The fourth-order valence-corrected chi connectivity index (χ4v) is 5.40. The number of hydrogen-bond donors (Lipinski definition) is 0. The molecule has 1 unspecified atom stereocenters. The highest BCUT2D eigenvalue weighted by molar-refractivity contribution is 7.87. The SMILES string of the molecule is Cc1cccc(OC(F)F)c1S(=O)(=O)OCP(=O)(OC(C)C)C(C)C. The summed E-state index contributed by atoms with van der Waals surface area (Å²) in [6.45, 7) is 4.80. The first kappa shape index (κ1) is 22.0. The van der Waals surface area contributed by atoms with Crippen molar-refractivity contribution in [3.05, 3.63) is 23.8 Å². The van der Waals surface area contributed by atoms with Crippen molar-refractivity contribution in [2.75, 3.05) is 6.35 Å². The van der Waals surface area contributed by atoms with Gasteiger partial charge in [0.2, 0.25) is 7.37 Å². The Kier molecular flexibility index (Phi) is 7.55. The molecule has 25 heavy (non-hydrogen) atoms. The summed E-state index contributed by atoms with van der Waals surface area (Å²) in [6, 6.07) is 3.90. The molecule has 0 aromatic heterocycles. The first-order valence-corrected chi connectivity index (χ1v) is 10.9. The van der Waals surface area contributed by atoms with E-state index < -0.39 is 52.9 Å². The van der Waals surface area contributed by atoms with E-state index in [2.05, 4.69) is 4.74 Å². The van der Waals surface area contributed by atoms with Crippen molar-refractivity contribution < 1.29 is 35.2 Å². The van der Waals surface area contributed by atoms with E-state index in [-0.39, 0.29) is 5.56 Å². The Labute approximate surface area is 147 Å². The third-order valence-corrected chi connectivity index (χ3v) is 7.67. The van der Waals surface area contributed by atoms with E-state index in [0.717, 1.165) is 6.07 Å². The summed E-state index contributed by atoms with van der Waals surface area (Å²) in [5.74, 6) is -0.529. The Hall–Kier alpha value is -1.02. The van der Waals surface area contributed by atoms with Gasteiger partial charge in [0.25, 0.3) is 0 Å². The molecule has 0 saturated heterocycles. The molecule has 0 heterocycles. The molecule has 0 aliphatic carbocycles. The summed E-state index contributed by atoms with van der Waals surface area (Å²) in [7, 11) is -7.89. The largest absolute Gasteiger partial charge is 0.433 e. The first-order chi connectivity index (χ1) is 11.4. The first-order valence-electron chi connectivity index (χ1n) is 7.60. The molecule has 10 heteroatoms. The van der Waals surface area contributed by atoms with Gasteiger partial charge < -0.3 is 9.26 Å². The highest BCUT2D eigenvalue weighted by atomic mass is 32.2. The molecule has 0 aliphatic rings. The van der Waals surface area contributed by atoms with Crippen LogP contribution in [0.15, 0.2) is 23.1 Å². The van der Waals surface area contributed by atoms with E-state index in [4.69, 9.17) is 8.71 Å². The van der Waals surface area contributed by atoms with Gasteiger partial charge in [0.05, 0.1) is 6.10 Å². The molecule has 0 bridgehead atoms. The summed E-state index contributed by atoms with van der Waals surface area (Å²) in [6.07, 6.45) is -1.08. The Morgan fingerprint density at radius 3 is 2.24 bits per heavy atom. The monoisotopic (exact) mass is 400 g/mol. The Bertz CT molecular complexity index is 734. The number of benzene rings is 1. The van der Waals surface area contributed by atoms with Crippen LogP contribution in [0.4, 0.5) is 8.78 Å². The predicted molar refractivity (Wildman–Crippen MR) is 89.9 cm³/mol. The minimum Gasteiger partial charge on any atom is -0.433 e. The van der Waals surface area contributed by atoms with Gasteiger partial charge in [-0.05, 0) is 32.4 Å². The van der Waals surface area contributed by atoms with Gasteiger partial charge in [-0.25, -0.2) is 0 Å². The molecule has 1 aromatic carbocycles. The molecule has 0 N–H and O–H groups in total. The zero-order valence-electron chi connectivity index (χ0n) is 14.7. The molecule has 0 amide bonds. The molecule has 1 aromatic rings. The van der Waals surface area contributed by atoms with Gasteiger partial charge in [-0.3, -0.25) is 8.75 Å². The highest BCUT2D eigenvalue weighted by Crippen LogP contribution is 2.53. The second-order valence-corrected chi connectivity index (χ2v) is 10.5. The van der Waals surface area contributed by atoms with E-state index in [1.165, 1.54) is 19.1 Å². The average molecular weight is 400 g/mol. The van der Waals surface area contributed by atoms with Crippen LogP contribution >= 0.6 is 7.37 Å². The summed E-state index contributed by atoms with van der Waals surface area (Å²) < 4.78 is 77.3. The molecular weight excluding hydrogens is 377 g/mol. The van der Waals surface area contributed by atoms with Crippen molar-refractivity contribution in [2.45, 2.75) is 57.9 Å². The zero-order valence-corrected chi connectivity index (χ0v) is 16.4. The second kappa shape index (κ2) is 8.58. The van der Waals surface area contributed by atoms with Crippen LogP contribution in [0.2, 0.25) is 0 Å². The lowest BCUT2D eigenvalue weighted by molar-refractivity contribution is -0.0518. The van der Waals surface area contributed by atoms with Crippen molar-refractivity contribution in [1.29, 1.82) is 0 Å². The summed E-state index contributed by atoms with van der Waals surface area (Å²) in [5.41, 5.74) is -0.305. The minimum absolute atomic E-state index is 0.169. The zero-order chi connectivity index (χ0) is 19.4. The number of alkyl halides is 2. The lowest BCUT2D eigenvalue weighted by Gasteiger charge is -2.24. The standard InChI is InChI=1S/C15H23F2O6PS/c1-10(2)23-24(18,11(3)4)9-21-25(19,20)14-12(5)7-6-8-13(14)22-15(16)17/h6-8,10-11,15H,9H2,1-5H3. The average Bonchev–Trinajstić information content (AvgIpc) is 2.43. The van der Waals surface area contributed by atoms with Crippen LogP contribution in [-0.4, -0.2) is 33.1 Å². The Morgan fingerprint density at radius 2 is 1.76 bits per heavy atom. The van der Waals surface area contributed by atoms with Crippen molar-refractivity contribution >= 4 is 17.5 Å². The fourth-order valence-electron chi connectivity index (χ4n) is 1.99. The van der Waals surface area contributed by atoms with E-state index in [1.807, 2.05) is 0 Å². The van der Waals surface area contributed by atoms with Crippen LogP contribution in [-0.2, 0) is 23.4 Å². The number of halogens is 2. The molecule has 0 spiro atoms. The van der Waals surface area contributed by atoms with Gasteiger partial charge in [-0.15, -0.1) is 0 Å². The molecule has 0 saturated carbocycles. The van der Waals surface area contributed by atoms with Crippen molar-refractivity contribution in [3.63, 3.8) is 0 Å². The topological polar surface area (TPSA) is 78.9 Å². The highest BCUT2D eigenvalue weighted by Gasteiger charge is 2.34. The van der Waals surface area contributed by atoms with Gasteiger partial charge in [0.1, 0.15) is 17.0 Å². The van der Waals surface area contributed by atoms with Crippen LogP contribution in [0.5, 0.6) is 5.75 Å². The van der Waals surface area contributed by atoms with Gasteiger partial charge in [-0.2, -0.15) is 17.2 Å². The summed E-state index contributed by atoms with van der Waals surface area (Å²) in [4.78, 5) is -0.518. The lowest BCUT2D eigenvalue weighted by Crippen LogP contribution is -2.17. The third-order valence-electron chi connectivity index (χ3n) is 3.21. The third kappa shape index (κ3) is 6.02. The molecule has 0 radical (unpaired) electrons. The summed E-state index contributed by atoms with van der Waals surface area (Å²) >= 11 is 0. The van der Waals surface area contributed by atoms with E-state index in [9.17, 15) is 21.8 Å². The molecule has 144 valence electrons. The number of hydrogen-bond acceptors (Lipinski definition) is 6. The fraction of sp³-hybridized carbons (Fsp3) is 0.600. The number of ether oxygens (including phenoxy) is 1. The molecule has 0 aliphatic heterocycles.